The lowest BCUT2D eigenvalue weighted by Crippen LogP contribution is -1.95. The normalized spacial score (nSPS) is 18.5. The van der Waals surface area contributed by atoms with E-state index in [1.807, 2.05) is 30.3 Å². The van der Waals surface area contributed by atoms with Gasteiger partial charge < -0.3 is 4.74 Å². The van der Waals surface area contributed by atoms with E-state index >= 15 is 0 Å². The first kappa shape index (κ1) is 10.4. The van der Waals surface area contributed by atoms with Crippen LogP contribution in [0.2, 0.25) is 0 Å². The average molecular weight is 312 g/mol. The fourth-order valence-corrected chi connectivity index (χ4v) is 1.93. The summed E-state index contributed by atoms with van der Waals surface area (Å²) < 4.78 is 6.09. The van der Waals surface area contributed by atoms with Gasteiger partial charge in [-0.25, -0.2) is 4.79 Å². The fraction of sp³-hybridized carbons (Fsp3) is 0.0833. The van der Waals surface area contributed by atoms with Crippen molar-refractivity contribution in [1.29, 1.82) is 0 Å². The van der Waals surface area contributed by atoms with Gasteiger partial charge in [0.15, 0.2) is 0 Å². The van der Waals surface area contributed by atoms with Gasteiger partial charge in [0, 0.05) is 5.57 Å². The zero-order valence-electron chi connectivity index (χ0n) is 8.16. The summed E-state index contributed by atoms with van der Waals surface area (Å²) in [5, 5.41) is 0. The molecule has 1 aromatic carbocycles. The molecular formula is C12H9IO2. The van der Waals surface area contributed by atoms with Crippen LogP contribution < -0.4 is 0 Å². The van der Waals surface area contributed by atoms with Crippen LogP contribution in [0.3, 0.4) is 0 Å². The first-order chi connectivity index (χ1) is 7.18. The van der Waals surface area contributed by atoms with Gasteiger partial charge in [-0.05, 0) is 41.2 Å². The van der Waals surface area contributed by atoms with Crippen LogP contribution in [0, 0.1) is 0 Å². The third-order valence-corrected chi connectivity index (χ3v) is 3.27. The van der Waals surface area contributed by atoms with E-state index in [0.29, 0.717) is 11.3 Å². The number of carbonyl (C=O) groups excluding carboxylic acids is 1. The van der Waals surface area contributed by atoms with Crippen LogP contribution in [0.25, 0.3) is 3.58 Å². The second-order valence-corrected chi connectivity index (χ2v) is 4.34. The maximum atomic E-state index is 11.2. The van der Waals surface area contributed by atoms with Crippen LogP contribution in [-0.2, 0) is 9.53 Å². The Bertz CT molecular complexity index is 458. The SMILES string of the molecule is CC1=C/C(=C(\I)c2ccccc2)OC1=O. The number of esters is 1. The van der Waals surface area contributed by atoms with Crippen LogP contribution in [0.4, 0.5) is 0 Å². The van der Waals surface area contributed by atoms with Crippen molar-refractivity contribution in [1.82, 2.24) is 0 Å². The van der Waals surface area contributed by atoms with Gasteiger partial charge in [0.2, 0.25) is 0 Å². The molecule has 2 rings (SSSR count). The highest BCUT2D eigenvalue weighted by atomic mass is 127. The molecule has 0 saturated heterocycles. The second kappa shape index (κ2) is 4.18. The summed E-state index contributed by atoms with van der Waals surface area (Å²) in [6.45, 7) is 1.75. The lowest BCUT2D eigenvalue weighted by molar-refractivity contribution is -0.133. The molecule has 0 amide bonds. The van der Waals surface area contributed by atoms with Crippen molar-refractivity contribution in [3.8, 4) is 0 Å². The number of hydrogen-bond acceptors (Lipinski definition) is 2. The van der Waals surface area contributed by atoms with Crippen molar-refractivity contribution >= 4 is 32.1 Å². The minimum absolute atomic E-state index is 0.255. The minimum atomic E-state index is -0.255. The molecule has 0 unspecified atom stereocenters. The van der Waals surface area contributed by atoms with Crippen molar-refractivity contribution in [2.75, 3.05) is 0 Å². The van der Waals surface area contributed by atoms with Gasteiger partial charge in [0.25, 0.3) is 0 Å². The molecule has 0 saturated carbocycles. The van der Waals surface area contributed by atoms with Gasteiger partial charge in [-0.1, -0.05) is 30.3 Å². The molecule has 3 heteroatoms. The quantitative estimate of drug-likeness (QED) is 0.587. The summed E-state index contributed by atoms with van der Waals surface area (Å²) in [7, 11) is 0. The van der Waals surface area contributed by atoms with Gasteiger partial charge in [-0.3, -0.25) is 0 Å². The molecule has 0 fully saturated rings. The molecule has 0 bridgehead atoms. The van der Waals surface area contributed by atoms with E-state index in [2.05, 4.69) is 22.6 Å². The van der Waals surface area contributed by atoms with Crippen LogP contribution in [-0.4, -0.2) is 5.97 Å². The Labute approximate surface area is 102 Å². The lowest BCUT2D eigenvalue weighted by atomic mass is 10.2. The van der Waals surface area contributed by atoms with Gasteiger partial charge in [-0.2, -0.15) is 0 Å². The third kappa shape index (κ3) is 2.12. The summed E-state index contributed by atoms with van der Waals surface area (Å²) in [6, 6.07) is 9.86. The summed E-state index contributed by atoms with van der Waals surface area (Å²) >= 11 is 2.19. The Balaban J connectivity index is 2.40. The fourth-order valence-electron chi connectivity index (χ4n) is 1.30. The van der Waals surface area contributed by atoms with E-state index in [9.17, 15) is 4.79 Å². The zero-order chi connectivity index (χ0) is 10.8. The smallest absolute Gasteiger partial charge is 0.339 e. The molecule has 0 spiro atoms. The van der Waals surface area contributed by atoms with E-state index in [0.717, 1.165) is 9.14 Å². The number of cyclic esters (lactones) is 1. The minimum Gasteiger partial charge on any atom is -0.422 e. The molecule has 76 valence electrons. The third-order valence-electron chi connectivity index (χ3n) is 2.12. The Morgan fingerprint density at radius 3 is 2.47 bits per heavy atom. The van der Waals surface area contributed by atoms with E-state index in [4.69, 9.17) is 4.74 Å². The Morgan fingerprint density at radius 2 is 1.93 bits per heavy atom. The Hall–Kier alpha value is -1.10. The number of halogens is 1. The molecule has 1 heterocycles. The Morgan fingerprint density at radius 1 is 1.27 bits per heavy atom. The van der Waals surface area contributed by atoms with Crippen LogP contribution in [0.15, 0.2) is 47.7 Å². The largest absolute Gasteiger partial charge is 0.422 e. The number of allylic oxidation sites excluding steroid dienone is 1. The molecule has 1 aliphatic rings. The maximum Gasteiger partial charge on any atom is 0.339 e. The molecule has 15 heavy (non-hydrogen) atoms. The predicted molar refractivity (Wildman–Crippen MR) is 67.2 cm³/mol. The first-order valence-corrected chi connectivity index (χ1v) is 5.62. The molecule has 0 radical (unpaired) electrons. The van der Waals surface area contributed by atoms with Crippen molar-refractivity contribution < 1.29 is 9.53 Å². The van der Waals surface area contributed by atoms with E-state index in [-0.39, 0.29) is 5.97 Å². The van der Waals surface area contributed by atoms with Crippen molar-refractivity contribution in [2.45, 2.75) is 6.92 Å². The summed E-state index contributed by atoms with van der Waals surface area (Å²) in [6.07, 6.45) is 1.77. The van der Waals surface area contributed by atoms with Gasteiger partial charge in [0.05, 0.1) is 3.58 Å². The van der Waals surface area contributed by atoms with Crippen LogP contribution in [0.1, 0.15) is 12.5 Å². The predicted octanol–water partition coefficient (Wildman–Crippen LogP) is 3.29. The first-order valence-electron chi connectivity index (χ1n) is 4.54. The van der Waals surface area contributed by atoms with Crippen LogP contribution in [0.5, 0.6) is 0 Å². The van der Waals surface area contributed by atoms with E-state index < -0.39 is 0 Å². The van der Waals surface area contributed by atoms with Crippen molar-refractivity contribution in [3.63, 3.8) is 0 Å². The number of hydrogen-bond donors (Lipinski definition) is 0. The molecule has 0 aromatic heterocycles. The van der Waals surface area contributed by atoms with Gasteiger partial charge in [-0.15, -0.1) is 0 Å². The number of carbonyl (C=O) groups is 1. The number of rotatable bonds is 1. The second-order valence-electron chi connectivity index (χ2n) is 3.26. The van der Waals surface area contributed by atoms with Gasteiger partial charge >= 0.3 is 5.97 Å². The number of ether oxygens (including phenoxy) is 1. The number of benzene rings is 1. The molecule has 1 aromatic rings. The van der Waals surface area contributed by atoms with E-state index in [1.165, 1.54) is 0 Å². The highest BCUT2D eigenvalue weighted by Gasteiger charge is 2.19. The topological polar surface area (TPSA) is 26.3 Å². The Kier molecular flexibility index (Phi) is 2.90. The summed E-state index contributed by atoms with van der Waals surface area (Å²) in [5.41, 5.74) is 1.71. The highest BCUT2D eigenvalue weighted by Crippen LogP contribution is 2.30. The van der Waals surface area contributed by atoms with Gasteiger partial charge in [0.1, 0.15) is 5.76 Å². The van der Waals surface area contributed by atoms with Crippen molar-refractivity contribution in [2.24, 2.45) is 0 Å². The zero-order valence-corrected chi connectivity index (χ0v) is 10.3. The standard InChI is InChI=1S/C12H9IO2/c1-8-7-10(15-12(8)14)11(13)9-5-3-2-4-6-9/h2-7H,1H3/b11-10+. The lowest BCUT2D eigenvalue weighted by Gasteiger charge is -2.02. The van der Waals surface area contributed by atoms with E-state index in [1.54, 1.807) is 13.0 Å². The van der Waals surface area contributed by atoms with Crippen LogP contribution >= 0.6 is 22.6 Å². The highest BCUT2D eigenvalue weighted by molar-refractivity contribution is 14.1. The maximum absolute atomic E-state index is 11.2. The molecular weight excluding hydrogens is 303 g/mol. The molecule has 0 N–H and O–H groups in total. The monoisotopic (exact) mass is 312 g/mol. The summed E-state index contributed by atoms with van der Waals surface area (Å²) in [4.78, 5) is 11.2. The molecule has 0 atom stereocenters. The molecule has 2 nitrogen and oxygen atoms in total. The molecule has 0 aliphatic carbocycles. The average Bonchev–Trinajstić information content (AvgIpc) is 2.59. The molecule has 1 aliphatic heterocycles. The van der Waals surface area contributed by atoms with Crippen molar-refractivity contribution in [3.05, 3.63) is 53.3 Å². The summed E-state index contributed by atoms with van der Waals surface area (Å²) in [5.74, 6) is 0.388.